The fourth-order valence-electron chi connectivity index (χ4n) is 2.26. The molecule has 0 saturated carbocycles. The van der Waals surface area contributed by atoms with Gasteiger partial charge in [0.1, 0.15) is 5.82 Å². The maximum atomic E-state index is 13.3. The molecule has 5 nitrogen and oxygen atoms in total. The Balaban J connectivity index is 1.55. The lowest BCUT2D eigenvalue weighted by Crippen LogP contribution is -2.36. The number of imidazole rings is 1. The van der Waals surface area contributed by atoms with Crippen LogP contribution in [0.25, 0.3) is 4.96 Å². The van der Waals surface area contributed by atoms with Crippen molar-refractivity contribution in [1.82, 2.24) is 20.0 Å². The van der Waals surface area contributed by atoms with E-state index < -0.39 is 0 Å². The number of rotatable bonds is 4. The Morgan fingerprint density at radius 1 is 1.35 bits per heavy atom. The van der Waals surface area contributed by atoms with Crippen LogP contribution in [0.3, 0.4) is 0 Å². The van der Waals surface area contributed by atoms with Gasteiger partial charge in [-0.2, -0.15) is 0 Å². The number of aryl methyl sites for hydroxylation is 1. The fourth-order valence-corrected chi connectivity index (χ4v) is 2.98. The molecule has 7 heteroatoms. The second-order valence-corrected chi connectivity index (χ2v) is 6.06. The molecule has 1 aromatic carbocycles. The highest BCUT2D eigenvalue weighted by Crippen LogP contribution is 2.11. The second-order valence-electron chi connectivity index (χ2n) is 5.19. The highest BCUT2D eigenvalue weighted by molar-refractivity contribution is 7.15. The number of aliphatic imine (C=N–C) groups is 1. The van der Waals surface area contributed by atoms with Gasteiger partial charge in [0.25, 0.3) is 0 Å². The number of thiazole rings is 1. The minimum atomic E-state index is -0.184. The van der Waals surface area contributed by atoms with Gasteiger partial charge in [-0.05, 0) is 24.1 Å². The van der Waals surface area contributed by atoms with Gasteiger partial charge in [0.15, 0.2) is 10.9 Å². The number of hydrogen-bond acceptors (Lipinski definition) is 3. The van der Waals surface area contributed by atoms with Crippen molar-refractivity contribution in [2.45, 2.75) is 20.0 Å². The predicted molar refractivity (Wildman–Crippen MR) is 91.2 cm³/mol. The molecular weight excluding hydrogens is 313 g/mol. The normalized spacial score (nSPS) is 11.9. The molecule has 2 aromatic heterocycles. The Hall–Kier alpha value is -2.41. The van der Waals surface area contributed by atoms with E-state index in [-0.39, 0.29) is 5.82 Å². The van der Waals surface area contributed by atoms with Crippen LogP contribution in [0.2, 0.25) is 0 Å². The molecule has 0 bridgehead atoms. The van der Waals surface area contributed by atoms with Crippen LogP contribution in [0.5, 0.6) is 0 Å². The van der Waals surface area contributed by atoms with Gasteiger partial charge in [-0.1, -0.05) is 12.1 Å². The zero-order valence-corrected chi connectivity index (χ0v) is 13.8. The van der Waals surface area contributed by atoms with Crippen molar-refractivity contribution in [3.05, 3.63) is 58.6 Å². The Labute approximate surface area is 137 Å². The molecule has 0 atom stereocenters. The van der Waals surface area contributed by atoms with Crippen LogP contribution in [0, 0.1) is 12.7 Å². The summed E-state index contributed by atoms with van der Waals surface area (Å²) in [5.41, 5.74) is 2.61. The third-order valence-electron chi connectivity index (χ3n) is 3.49. The third-order valence-corrected chi connectivity index (χ3v) is 4.26. The van der Waals surface area contributed by atoms with Crippen LogP contribution < -0.4 is 10.6 Å². The SMILES string of the molecule is CN=C(NCc1ccc(F)c(C)c1)NCc1cn2ccsc2n1. The van der Waals surface area contributed by atoms with Gasteiger partial charge in [0.2, 0.25) is 0 Å². The summed E-state index contributed by atoms with van der Waals surface area (Å²) in [5, 5.41) is 8.45. The zero-order valence-electron chi connectivity index (χ0n) is 13.0. The maximum absolute atomic E-state index is 13.3. The number of halogens is 1. The van der Waals surface area contributed by atoms with E-state index in [9.17, 15) is 4.39 Å². The van der Waals surface area contributed by atoms with Gasteiger partial charge in [-0.3, -0.25) is 9.39 Å². The van der Waals surface area contributed by atoms with Crippen molar-refractivity contribution in [3.63, 3.8) is 0 Å². The number of benzene rings is 1. The Kier molecular flexibility index (Phi) is 4.57. The van der Waals surface area contributed by atoms with E-state index in [0.29, 0.717) is 24.6 Å². The van der Waals surface area contributed by atoms with Gasteiger partial charge in [-0.25, -0.2) is 9.37 Å². The van der Waals surface area contributed by atoms with Crippen molar-refractivity contribution in [1.29, 1.82) is 0 Å². The first kappa shape index (κ1) is 15.5. The van der Waals surface area contributed by atoms with E-state index in [1.54, 1.807) is 31.4 Å². The summed E-state index contributed by atoms with van der Waals surface area (Å²) in [7, 11) is 1.72. The van der Waals surface area contributed by atoms with Crippen LogP contribution in [-0.4, -0.2) is 22.4 Å². The molecule has 0 amide bonds. The standard InChI is InChI=1S/C16H18FN5S/c1-11-7-12(3-4-14(11)17)8-19-15(18-2)20-9-13-10-22-5-6-23-16(22)21-13/h3-7,10H,8-9H2,1-2H3,(H2,18,19,20). The van der Waals surface area contributed by atoms with Crippen molar-refractivity contribution in [3.8, 4) is 0 Å². The van der Waals surface area contributed by atoms with Gasteiger partial charge in [0, 0.05) is 31.4 Å². The van der Waals surface area contributed by atoms with Crippen LogP contribution in [0.15, 0.2) is 41.0 Å². The summed E-state index contributed by atoms with van der Waals surface area (Å²) < 4.78 is 15.3. The van der Waals surface area contributed by atoms with Crippen LogP contribution in [0.4, 0.5) is 4.39 Å². The molecule has 2 heterocycles. The average Bonchev–Trinajstić information content (AvgIpc) is 3.12. The summed E-state index contributed by atoms with van der Waals surface area (Å²) in [6, 6.07) is 5.09. The molecule has 23 heavy (non-hydrogen) atoms. The minimum Gasteiger partial charge on any atom is -0.352 e. The molecule has 0 radical (unpaired) electrons. The summed E-state index contributed by atoms with van der Waals surface area (Å²) >= 11 is 1.61. The van der Waals surface area contributed by atoms with Gasteiger partial charge >= 0.3 is 0 Å². The largest absolute Gasteiger partial charge is 0.352 e. The van der Waals surface area contributed by atoms with E-state index in [1.165, 1.54) is 6.07 Å². The summed E-state index contributed by atoms with van der Waals surface area (Å²) in [6.45, 7) is 2.94. The summed E-state index contributed by atoms with van der Waals surface area (Å²) in [5.74, 6) is 0.499. The number of fused-ring (bicyclic) bond motifs is 1. The van der Waals surface area contributed by atoms with Crippen LogP contribution in [-0.2, 0) is 13.1 Å². The van der Waals surface area contributed by atoms with Gasteiger partial charge in [-0.15, -0.1) is 11.3 Å². The summed E-state index contributed by atoms with van der Waals surface area (Å²) in [6.07, 6.45) is 3.98. The molecular formula is C16H18FN5S. The molecule has 0 spiro atoms. The number of nitrogens with one attached hydrogen (secondary N) is 2. The van der Waals surface area contributed by atoms with Gasteiger partial charge in [0.05, 0.1) is 12.2 Å². The van der Waals surface area contributed by atoms with Crippen molar-refractivity contribution in [2.75, 3.05) is 7.05 Å². The van der Waals surface area contributed by atoms with Crippen molar-refractivity contribution < 1.29 is 4.39 Å². The first-order chi connectivity index (χ1) is 11.2. The number of nitrogens with zero attached hydrogens (tertiary/aromatic N) is 3. The first-order valence-corrected chi connectivity index (χ1v) is 8.14. The van der Waals surface area contributed by atoms with E-state index in [1.807, 2.05) is 28.2 Å². The Bertz CT molecular complexity index is 807. The highest BCUT2D eigenvalue weighted by atomic mass is 32.1. The molecule has 3 rings (SSSR count). The van der Waals surface area contributed by atoms with Crippen molar-refractivity contribution >= 4 is 22.3 Å². The Morgan fingerprint density at radius 3 is 2.91 bits per heavy atom. The molecule has 3 aromatic rings. The number of aromatic nitrogens is 2. The molecule has 120 valence electrons. The molecule has 0 unspecified atom stereocenters. The molecule has 0 fully saturated rings. The van der Waals surface area contributed by atoms with Gasteiger partial charge < -0.3 is 10.6 Å². The molecule has 0 aliphatic heterocycles. The molecule has 0 saturated heterocycles. The Morgan fingerprint density at radius 2 is 2.17 bits per heavy atom. The molecule has 0 aliphatic rings. The van der Waals surface area contributed by atoms with E-state index in [0.717, 1.165) is 16.2 Å². The van der Waals surface area contributed by atoms with Crippen molar-refractivity contribution in [2.24, 2.45) is 4.99 Å². The summed E-state index contributed by atoms with van der Waals surface area (Å²) in [4.78, 5) is 9.68. The monoisotopic (exact) mass is 331 g/mol. The minimum absolute atomic E-state index is 0.184. The second kappa shape index (κ2) is 6.78. The lowest BCUT2D eigenvalue weighted by Gasteiger charge is -2.11. The molecule has 2 N–H and O–H groups in total. The van der Waals surface area contributed by atoms with Crippen LogP contribution >= 0.6 is 11.3 Å². The fraction of sp³-hybridized carbons (Fsp3) is 0.250. The van der Waals surface area contributed by atoms with E-state index in [2.05, 4.69) is 20.6 Å². The quantitative estimate of drug-likeness (QED) is 0.571. The average molecular weight is 331 g/mol. The van der Waals surface area contributed by atoms with E-state index >= 15 is 0 Å². The molecule has 0 aliphatic carbocycles. The number of hydrogen-bond donors (Lipinski definition) is 2. The highest BCUT2D eigenvalue weighted by Gasteiger charge is 2.05. The lowest BCUT2D eigenvalue weighted by molar-refractivity contribution is 0.617. The zero-order chi connectivity index (χ0) is 16.2. The predicted octanol–water partition coefficient (Wildman–Crippen LogP) is 2.71. The van der Waals surface area contributed by atoms with Crippen LogP contribution in [0.1, 0.15) is 16.8 Å². The van der Waals surface area contributed by atoms with E-state index in [4.69, 9.17) is 0 Å². The first-order valence-electron chi connectivity index (χ1n) is 7.26. The smallest absolute Gasteiger partial charge is 0.193 e. The third kappa shape index (κ3) is 3.68. The topological polar surface area (TPSA) is 53.7 Å². The lowest BCUT2D eigenvalue weighted by atomic mass is 10.1. The maximum Gasteiger partial charge on any atom is 0.193 e. The number of guanidine groups is 1.